The summed E-state index contributed by atoms with van der Waals surface area (Å²) in [7, 11) is -1.19. The van der Waals surface area contributed by atoms with Crippen LogP contribution < -0.4 is 0 Å². The molecule has 0 fully saturated rings. The van der Waals surface area contributed by atoms with Gasteiger partial charge < -0.3 is 9.30 Å². The second kappa shape index (κ2) is 9.63. The molecular formula is C26H27BrN2O3Si. The Hall–Kier alpha value is -2.74. The maximum absolute atomic E-state index is 11.2. The molecule has 0 unspecified atom stereocenters. The third-order valence-electron chi connectivity index (χ3n) is 5.68. The number of hydrogen-bond acceptors (Lipinski definition) is 3. The number of fused-ring (bicyclic) bond motifs is 1. The van der Waals surface area contributed by atoms with E-state index in [1.54, 1.807) is 12.1 Å². The molecule has 0 bridgehead atoms. The van der Waals surface area contributed by atoms with Crippen LogP contribution in [0.4, 0.5) is 5.69 Å². The number of ether oxygens (including phenoxy) is 1. The lowest BCUT2D eigenvalue weighted by molar-refractivity contribution is -0.384. The van der Waals surface area contributed by atoms with Gasteiger partial charge in [-0.2, -0.15) is 0 Å². The molecule has 3 aromatic carbocycles. The van der Waals surface area contributed by atoms with Crippen LogP contribution in [-0.4, -0.2) is 24.2 Å². The lowest BCUT2D eigenvalue weighted by Crippen LogP contribution is -2.22. The molecule has 0 aliphatic heterocycles. The van der Waals surface area contributed by atoms with E-state index in [1.165, 1.54) is 0 Å². The number of rotatable bonds is 8. The molecule has 0 N–H and O–H groups in total. The van der Waals surface area contributed by atoms with Gasteiger partial charge in [-0.3, -0.25) is 10.1 Å². The lowest BCUT2D eigenvalue weighted by Gasteiger charge is -2.18. The fourth-order valence-corrected chi connectivity index (χ4v) is 5.18. The average Bonchev–Trinajstić information content (AvgIpc) is 3.10. The van der Waals surface area contributed by atoms with E-state index in [1.807, 2.05) is 42.5 Å². The van der Waals surface area contributed by atoms with E-state index in [4.69, 9.17) is 4.74 Å². The standard InChI is InChI=1S/C26H27BrN2O3Si/c1-33(2,3)17-16-32-18-28-24-11-7-5-9-22(24)25(19-12-14-20(15-13-19)29(30)31)26(28)21-8-4-6-10-23(21)27/h4-15H,16-18H2,1-3H3. The SMILES string of the molecule is C[Si](C)(C)CCOCn1c(-c2ccccc2Br)c(-c2ccc([N+](=O)[O-])cc2)c2ccccc21. The summed E-state index contributed by atoms with van der Waals surface area (Å²) in [5.41, 5.74) is 5.22. The van der Waals surface area contributed by atoms with Gasteiger partial charge in [0.2, 0.25) is 0 Å². The summed E-state index contributed by atoms with van der Waals surface area (Å²) in [6.07, 6.45) is 0. The number of para-hydroxylation sites is 1. The molecule has 0 radical (unpaired) electrons. The summed E-state index contributed by atoms with van der Waals surface area (Å²) in [6, 6.07) is 24.3. The first kappa shape index (κ1) is 23.4. The molecule has 0 saturated carbocycles. The molecule has 0 spiro atoms. The smallest absolute Gasteiger partial charge is 0.269 e. The van der Waals surface area contributed by atoms with Crippen molar-refractivity contribution in [1.82, 2.24) is 4.57 Å². The highest BCUT2D eigenvalue weighted by atomic mass is 79.9. The summed E-state index contributed by atoms with van der Waals surface area (Å²) >= 11 is 3.73. The van der Waals surface area contributed by atoms with Crippen LogP contribution in [0.2, 0.25) is 25.7 Å². The Kier molecular flexibility index (Phi) is 6.83. The molecule has 1 heterocycles. The summed E-state index contributed by atoms with van der Waals surface area (Å²) in [5, 5.41) is 12.3. The molecule has 7 heteroatoms. The fourth-order valence-electron chi connectivity index (χ4n) is 3.95. The minimum absolute atomic E-state index is 0.0830. The maximum Gasteiger partial charge on any atom is 0.269 e. The highest BCUT2D eigenvalue weighted by molar-refractivity contribution is 9.10. The summed E-state index contributed by atoms with van der Waals surface area (Å²) in [4.78, 5) is 10.8. The summed E-state index contributed by atoms with van der Waals surface area (Å²) in [6.45, 7) is 8.21. The van der Waals surface area contributed by atoms with Crippen molar-refractivity contribution in [3.8, 4) is 22.4 Å². The van der Waals surface area contributed by atoms with Crippen LogP contribution in [0.25, 0.3) is 33.3 Å². The molecule has 33 heavy (non-hydrogen) atoms. The van der Waals surface area contributed by atoms with Gasteiger partial charge in [-0.15, -0.1) is 0 Å². The van der Waals surface area contributed by atoms with Gasteiger partial charge in [-0.05, 0) is 35.9 Å². The Bertz CT molecular complexity index is 1290. The highest BCUT2D eigenvalue weighted by Gasteiger charge is 2.22. The van der Waals surface area contributed by atoms with Crippen molar-refractivity contribution >= 4 is 40.6 Å². The van der Waals surface area contributed by atoms with Gasteiger partial charge >= 0.3 is 0 Å². The first-order chi connectivity index (χ1) is 15.8. The topological polar surface area (TPSA) is 57.3 Å². The van der Waals surface area contributed by atoms with Crippen LogP contribution in [0.5, 0.6) is 0 Å². The minimum Gasteiger partial charge on any atom is -0.361 e. The van der Waals surface area contributed by atoms with Crippen LogP contribution in [0.3, 0.4) is 0 Å². The van der Waals surface area contributed by atoms with Crippen molar-refractivity contribution in [2.75, 3.05) is 6.61 Å². The van der Waals surface area contributed by atoms with Crippen molar-refractivity contribution < 1.29 is 9.66 Å². The van der Waals surface area contributed by atoms with Gasteiger partial charge in [0.25, 0.3) is 5.69 Å². The molecule has 0 aliphatic carbocycles. The number of nitro benzene ring substituents is 1. The predicted octanol–water partition coefficient (Wildman–Crippen LogP) is 7.96. The molecular weight excluding hydrogens is 496 g/mol. The van der Waals surface area contributed by atoms with Crippen LogP contribution in [-0.2, 0) is 11.5 Å². The number of nitro groups is 1. The third-order valence-corrected chi connectivity index (χ3v) is 8.08. The number of nitrogens with zero attached hydrogens (tertiary/aromatic N) is 2. The Morgan fingerprint density at radius 3 is 2.30 bits per heavy atom. The Morgan fingerprint density at radius 2 is 1.64 bits per heavy atom. The van der Waals surface area contributed by atoms with E-state index in [0.29, 0.717) is 6.73 Å². The Labute approximate surface area is 203 Å². The van der Waals surface area contributed by atoms with Gasteiger partial charge in [-0.25, -0.2) is 0 Å². The molecule has 170 valence electrons. The largest absolute Gasteiger partial charge is 0.361 e. The predicted molar refractivity (Wildman–Crippen MR) is 141 cm³/mol. The highest BCUT2D eigenvalue weighted by Crippen LogP contribution is 2.43. The molecule has 4 rings (SSSR count). The summed E-state index contributed by atoms with van der Waals surface area (Å²) in [5.74, 6) is 0. The second-order valence-electron chi connectivity index (χ2n) is 9.30. The fraction of sp³-hybridized carbons (Fsp3) is 0.231. The number of non-ortho nitro benzene ring substituents is 1. The van der Waals surface area contributed by atoms with Gasteiger partial charge in [-0.1, -0.05) is 72.0 Å². The number of halogens is 1. The molecule has 4 aromatic rings. The van der Waals surface area contributed by atoms with Crippen molar-refractivity contribution in [2.45, 2.75) is 32.4 Å². The van der Waals surface area contributed by atoms with Gasteiger partial charge in [0.05, 0.1) is 16.1 Å². The van der Waals surface area contributed by atoms with Crippen molar-refractivity contribution in [2.24, 2.45) is 0 Å². The van der Waals surface area contributed by atoms with Crippen LogP contribution >= 0.6 is 15.9 Å². The molecule has 5 nitrogen and oxygen atoms in total. The normalized spacial score (nSPS) is 11.8. The Morgan fingerprint density at radius 1 is 0.970 bits per heavy atom. The third kappa shape index (κ3) is 5.10. The zero-order valence-corrected chi connectivity index (χ0v) is 21.6. The zero-order chi connectivity index (χ0) is 23.6. The van der Waals surface area contributed by atoms with Crippen molar-refractivity contribution in [3.05, 3.63) is 87.4 Å². The van der Waals surface area contributed by atoms with Gasteiger partial charge in [0, 0.05) is 47.8 Å². The molecule has 1 aromatic heterocycles. The minimum atomic E-state index is -1.19. The van der Waals surface area contributed by atoms with E-state index in [-0.39, 0.29) is 10.6 Å². The Balaban J connectivity index is 1.90. The monoisotopic (exact) mass is 522 g/mol. The number of hydrogen-bond donors (Lipinski definition) is 0. The summed E-state index contributed by atoms with van der Waals surface area (Å²) < 4.78 is 9.40. The maximum atomic E-state index is 11.2. The average molecular weight is 524 g/mol. The van der Waals surface area contributed by atoms with Crippen molar-refractivity contribution in [3.63, 3.8) is 0 Å². The quantitative estimate of drug-likeness (QED) is 0.102. The van der Waals surface area contributed by atoms with E-state index < -0.39 is 8.07 Å². The second-order valence-corrected chi connectivity index (χ2v) is 15.8. The van der Waals surface area contributed by atoms with E-state index in [9.17, 15) is 10.1 Å². The molecule has 0 atom stereocenters. The van der Waals surface area contributed by atoms with Crippen LogP contribution in [0.15, 0.2) is 77.3 Å². The number of aromatic nitrogens is 1. The molecule has 0 amide bonds. The molecule has 0 aliphatic rings. The van der Waals surface area contributed by atoms with Crippen molar-refractivity contribution in [1.29, 1.82) is 0 Å². The lowest BCUT2D eigenvalue weighted by atomic mass is 9.98. The van der Waals surface area contributed by atoms with Gasteiger partial charge in [0.15, 0.2) is 0 Å². The first-order valence-electron chi connectivity index (χ1n) is 10.9. The zero-order valence-electron chi connectivity index (χ0n) is 19.0. The van der Waals surface area contributed by atoms with E-state index in [0.717, 1.165) is 50.4 Å². The first-order valence-corrected chi connectivity index (χ1v) is 15.4. The van der Waals surface area contributed by atoms with E-state index in [2.05, 4.69) is 58.3 Å². The van der Waals surface area contributed by atoms with Gasteiger partial charge in [0.1, 0.15) is 6.73 Å². The molecule has 0 saturated heterocycles. The van der Waals surface area contributed by atoms with Crippen LogP contribution in [0.1, 0.15) is 0 Å². The van der Waals surface area contributed by atoms with Crippen LogP contribution in [0, 0.1) is 10.1 Å². The number of benzene rings is 3. The van der Waals surface area contributed by atoms with E-state index >= 15 is 0 Å².